The van der Waals surface area contributed by atoms with E-state index in [1.54, 1.807) is 4.72 Å². The van der Waals surface area contributed by atoms with Crippen LogP contribution in [0.2, 0.25) is 0 Å². The molecular weight excluding hydrogens is 281 g/mol. The summed E-state index contributed by atoms with van der Waals surface area (Å²) >= 11 is 0. The summed E-state index contributed by atoms with van der Waals surface area (Å²) < 4.78 is 64.2. The third kappa shape index (κ3) is 2.55. The molecule has 1 saturated carbocycles. The molecule has 0 unspecified atom stereocenters. The highest BCUT2D eigenvalue weighted by Gasteiger charge is 2.65. The molecule has 0 bridgehead atoms. The fourth-order valence-electron chi connectivity index (χ4n) is 1.79. The lowest BCUT2D eigenvalue weighted by molar-refractivity contribution is -0.160. The third-order valence-electron chi connectivity index (χ3n) is 3.12. The second-order valence-corrected chi connectivity index (χ2v) is 6.36. The fraction of sp³-hybridized carbons (Fsp3) is 0.455. The Balaban J connectivity index is 2.37. The van der Waals surface area contributed by atoms with Crippen LogP contribution in [0.1, 0.15) is 18.4 Å². The van der Waals surface area contributed by atoms with E-state index < -0.39 is 21.7 Å². The first-order valence-electron chi connectivity index (χ1n) is 5.54. The summed E-state index contributed by atoms with van der Waals surface area (Å²) in [7, 11) is -4.24. The summed E-state index contributed by atoms with van der Waals surface area (Å²) in [6.07, 6.45) is -5.07. The van der Waals surface area contributed by atoms with E-state index >= 15 is 0 Å². The van der Waals surface area contributed by atoms with Crippen molar-refractivity contribution < 1.29 is 21.6 Å². The highest BCUT2D eigenvalue weighted by molar-refractivity contribution is 7.89. The largest absolute Gasteiger partial charge is 0.407 e. The van der Waals surface area contributed by atoms with Gasteiger partial charge in [-0.3, -0.25) is 0 Å². The van der Waals surface area contributed by atoms with Crippen molar-refractivity contribution in [2.75, 3.05) is 5.73 Å². The number of nitrogens with one attached hydrogen (secondary N) is 1. The van der Waals surface area contributed by atoms with Gasteiger partial charge in [0, 0.05) is 5.69 Å². The van der Waals surface area contributed by atoms with Gasteiger partial charge in [0.05, 0.1) is 4.90 Å². The van der Waals surface area contributed by atoms with E-state index in [1.165, 1.54) is 19.1 Å². The molecule has 8 heteroatoms. The van der Waals surface area contributed by atoms with Crippen molar-refractivity contribution in [1.82, 2.24) is 4.72 Å². The first-order chi connectivity index (χ1) is 8.57. The molecule has 1 aromatic carbocycles. The van der Waals surface area contributed by atoms with Crippen LogP contribution >= 0.6 is 0 Å². The van der Waals surface area contributed by atoms with Crippen LogP contribution in [0, 0.1) is 6.92 Å². The first-order valence-corrected chi connectivity index (χ1v) is 7.03. The van der Waals surface area contributed by atoms with Gasteiger partial charge in [-0.25, -0.2) is 8.42 Å². The molecule has 3 N–H and O–H groups in total. The van der Waals surface area contributed by atoms with Gasteiger partial charge < -0.3 is 5.73 Å². The van der Waals surface area contributed by atoms with Crippen molar-refractivity contribution in [2.45, 2.75) is 36.4 Å². The summed E-state index contributed by atoms with van der Waals surface area (Å²) in [5, 5.41) is 0. The molecular formula is C11H13F3N2O2S. The van der Waals surface area contributed by atoms with Crippen molar-refractivity contribution in [2.24, 2.45) is 0 Å². The molecule has 1 aromatic rings. The lowest BCUT2D eigenvalue weighted by atomic mass is 10.2. The van der Waals surface area contributed by atoms with Crippen LogP contribution in [-0.4, -0.2) is 20.1 Å². The Morgan fingerprint density at radius 2 is 1.89 bits per heavy atom. The Bertz CT molecular complexity index is 607. The molecule has 2 rings (SSSR count). The number of aryl methyl sites for hydroxylation is 1. The number of anilines is 1. The van der Waals surface area contributed by atoms with Crippen LogP contribution in [0.15, 0.2) is 23.1 Å². The van der Waals surface area contributed by atoms with E-state index in [0.29, 0.717) is 5.56 Å². The first kappa shape index (κ1) is 14.1. The molecule has 0 atom stereocenters. The minimum absolute atomic E-state index is 0.183. The summed E-state index contributed by atoms with van der Waals surface area (Å²) in [4.78, 5) is -0.219. The number of benzene rings is 1. The molecule has 0 spiro atoms. The SMILES string of the molecule is Cc1ccc(N)cc1S(=O)(=O)NC1(C(F)(F)F)CC1. The molecule has 19 heavy (non-hydrogen) atoms. The van der Waals surface area contributed by atoms with Crippen LogP contribution < -0.4 is 10.5 Å². The standard InChI is InChI=1S/C11H13F3N2O2S/c1-7-2-3-8(15)6-9(7)19(17,18)16-10(4-5-10)11(12,13)14/h2-3,6,16H,4-5,15H2,1H3. The van der Waals surface area contributed by atoms with Crippen LogP contribution in [0.25, 0.3) is 0 Å². The molecule has 106 valence electrons. The zero-order chi connectivity index (χ0) is 14.5. The summed E-state index contributed by atoms with van der Waals surface area (Å²) in [5.41, 5.74) is 3.69. The maximum atomic E-state index is 12.8. The van der Waals surface area contributed by atoms with Crippen molar-refractivity contribution in [3.05, 3.63) is 23.8 Å². The van der Waals surface area contributed by atoms with Gasteiger partial charge in [0.1, 0.15) is 5.54 Å². The second-order valence-electron chi connectivity index (χ2n) is 4.71. The van der Waals surface area contributed by atoms with Gasteiger partial charge in [-0.2, -0.15) is 17.9 Å². The predicted octanol–water partition coefficient (Wildman–Crippen LogP) is 1.95. The molecule has 0 radical (unpaired) electrons. The van der Waals surface area contributed by atoms with E-state index in [-0.39, 0.29) is 23.4 Å². The van der Waals surface area contributed by atoms with Crippen LogP contribution in [0.5, 0.6) is 0 Å². The molecule has 4 nitrogen and oxygen atoms in total. The zero-order valence-electron chi connectivity index (χ0n) is 10.1. The number of nitrogen functional groups attached to an aromatic ring is 1. The Morgan fingerprint density at radius 3 is 2.37 bits per heavy atom. The molecule has 0 aliphatic heterocycles. The topological polar surface area (TPSA) is 72.2 Å². The summed E-state index contributed by atoms with van der Waals surface area (Å²) in [6.45, 7) is 1.50. The monoisotopic (exact) mass is 294 g/mol. The van der Waals surface area contributed by atoms with Gasteiger partial charge in [0.15, 0.2) is 0 Å². The quantitative estimate of drug-likeness (QED) is 0.837. The number of hydrogen-bond donors (Lipinski definition) is 2. The average Bonchev–Trinajstić information content (AvgIpc) is 3.01. The fourth-order valence-corrected chi connectivity index (χ4v) is 3.51. The minimum atomic E-state index is -4.59. The maximum absolute atomic E-state index is 12.8. The van der Waals surface area contributed by atoms with Gasteiger partial charge >= 0.3 is 6.18 Å². The number of halogens is 3. The van der Waals surface area contributed by atoms with E-state index in [0.717, 1.165) is 6.07 Å². The van der Waals surface area contributed by atoms with Gasteiger partial charge in [0.25, 0.3) is 0 Å². The van der Waals surface area contributed by atoms with Gasteiger partial charge in [0.2, 0.25) is 10.0 Å². The van der Waals surface area contributed by atoms with Gasteiger partial charge in [-0.05, 0) is 37.5 Å². The molecule has 0 amide bonds. The smallest absolute Gasteiger partial charge is 0.399 e. The number of hydrogen-bond acceptors (Lipinski definition) is 3. The molecule has 0 saturated heterocycles. The van der Waals surface area contributed by atoms with Crippen LogP contribution in [-0.2, 0) is 10.0 Å². The average molecular weight is 294 g/mol. The lowest BCUT2D eigenvalue weighted by Crippen LogP contribution is -2.47. The molecule has 1 fully saturated rings. The van der Waals surface area contributed by atoms with E-state index in [4.69, 9.17) is 5.73 Å². The van der Waals surface area contributed by atoms with E-state index in [2.05, 4.69) is 0 Å². The Kier molecular flexibility index (Phi) is 3.06. The van der Waals surface area contributed by atoms with Crippen molar-refractivity contribution in [3.63, 3.8) is 0 Å². The molecule has 1 aliphatic carbocycles. The van der Waals surface area contributed by atoms with E-state index in [1.807, 2.05) is 0 Å². The molecule has 1 aliphatic rings. The van der Waals surface area contributed by atoms with E-state index in [9.17, 15) is 21.6 Å². The highest BCUT2D eigenvalue weighted by Crippen LogP contribution is 2.49. The summed E-state index contributed by atoms with van der Waals surface area (Å²) in [6, 6.07) is 4.10. The molecule has 0 aromatic heterocycles. The Morgan fingerprint density at radius 1 is 1.32 bits per heavy atom. The van der Waals surface area contributed by atoms with Crippen molar-refractivity contribution >= 4 is 15.7 Å². The van der Waals surface area contributed by atoms with Crippen LogP contribution in [0.3, 0.4) is 0 Å². The van der Waals surface area contributed by atoms with Crippen LogP contribution in [0.4, 0.5) is 18.9 Å². The van der Waals surface area contributed by atoms with Crippen molar-refractivity contribution in [3.8, 4) is 0 Å². The van der Waals surface area contributed by atoms with Gasteiger partial charge in [-0.1, -0.05) is 6.07 Å². The number of alkyl halides is 3. The highest BCUT2D eigenvalue weighted by atomic mass is 32.2. The van der Waals surface area contributed by atoms with Crippen molar-refractivity contribution in [1.29, 1.82) is 0 Å². The van der Waals surface area contributed by atoms with Gasteiger partial charge in [-0.15, -0.1) is 0 Å². The number of sulfonamides is 1. The Hall–Kier alpha value is -1.28. The minimum Gasteiger partial charge on any atom is -0.399 e. The Labute approximate surface area is 108 Å². The number of rotatable bonds is 3. The normalized spacial score (nSPS) is 18.3. The number of nitrogens with two attached hydrogens (primary N) is 1. The molecule has 0 heterocycles. The predicted molar refractivity (Wildman–Crippen MR) is 63.9 cm³/mol. The second kappa shape index (κ2) is 4.11. The maximum Gasteiger partial charge on any atom is 0.407 e. The third-order valence-corrected chi connectivity index (χ3v) is 4.80. The zero-order valence-corrected chi connectivity index (χ0v) is 10.9. The lowest BCUT2D eigenvalue weighted by Gasteiger charge is -2.21. The summed E-state index contributed by atoms with van der Waals surface area (Å²) in [5.74, 6) is 0.